The lowest BCUT2D eigenvalue weighted by molar-refractivity contribution is 0.129. The van der Waals surface area contributed by atoms with Crippen molar-refractivity contribution in [3.63, 3.8) is 0 Å². The highest BCUT2D eigenvalue weighted by molar-refractivity contribution is 5.23. The summed E-state index contributed by atoms with van der Waals surface area (Å²) in [5.74, 6) is -0.627. The largest absolute Gasteiger partial charge is 0.314 e. The number of halogens is 2. The Bertz CT molecular complexity index is 495. The van der Waals surface area contributed by atoms with Crippen LogP contribution in [0.5, 0.6) is 0 Å². The summed E-state index contributed by atoms with van der Waals surface area (Å²) in [5.41, 5.74) is 0.519. The van der Waals surface area contributed by atoms with E-state index in [1.165, 1.54) is 31.0 Å². The van der Waals surface area contributed by atoms with E-state index in [1.807, 2.05) is 0 Å². The van der Waals surface area contributed by atoms with Gasteiger partial charge in [-0.25, -0.2) is 8.78 Å². The normalized spacial score (nSPS) is 22.7. The zero-order valence-corrected chi connectivity index (χ0v) is 13.7. The number of hydrogen-bond donors (Lipinski definition) is 1. The topological polar surface area (TPSA) is 18.5 Å². The van der Waals surface area contributed by atoms with Gasteiger partial charge >= 0.3 is 0 Å². The van der Waals surface area contributed by atoms with E-state index in [-0.39, 0.29) is 17.7 Å². The molecule has 1 N–H and O–H groups in total. The van der Waals surface area contributed by atoms with Gasteiger partial charge in [-0.1, -0.05) is 12.8 Å². The molecule has 5 heteroatoms. The first-order chi connectivity index (χ1) is 11.2. The van der Waals surface area contributed by atoms with Crippen LogP contribution in [-0.4, -0.2) is 55.6 Å². The molecule has 0 saturated carbocycles. The van der Waals surface area contributed by atoms with Crippen LogP contribution in [0.4, 0.5) is 8.78 Å². The average molecular weight is 323 g/mol. The molecular weight excluding hydrogens is 296 g/mol. The van der Waals surface area contributed by atoms with Crippen LogP contribution in [0.1, 0.15) is 37.3 Å². The molecule has 0 bridgehead atoms. The molecule has 0 radical (unpaired) electrons. The van der Waals surface area contributed by atoms with Crippen molar-refractivity contribution in [2.45, 2.75) is 31.7 Å². The first-order valence-electron chi connectivity index (χ1n) is 8.86. The number of hydrogen-bond acceptors (Lipinski definition) is 3. The number of benzene rings is 1. The molecule has 3 rings (SSSR count). The predicted molar refractivity (Wildman–Crippen MR) is 88.4 cm³/mol. The summed E-state index contributed by atoms with van der Waals surface area (Å²) in [7, 11) is 0. The van der Waals surface area contributed by atoms with Crippen LogP contribution in [0.15, 0.2) is 18.2 Å². The molecule has 128 valence electrons. The third-order valence-electron chi connectivity index (χ3n) is 5.04. The van der Waals surface area contributed by atoms with E-state index in [1.54, 1.807) is 0 Å². The highest BCUT2D eigenvalue weighted by Gasteiger charge is 2.27. The van der Waals surface area contributed by atoms with Crippen LogP contribution < -0.4 is 5.32 Å². The molecule has 3 nitrogen and oxygen atoms in total. The van der Waals surface area contributed by atoms with Crippen molar-refractivity contribution in [3.8, 4) is 0 Å². The smallest absolute Gasteiger partial charge is 0.128 e. The third kappa shape index (κ3) is 4.49. The molecular formula is C18H27F2N3. The molecule has 2 heterocycles. The Kier molecular flexibility index (Phi) is 5.97. The monoisotopic (exact) mass is 323 g/mol. The molecule has 1 unspecified atom stereocenters. The van der Waals surface area contributed by atoms with Crippen molar-refractivity contribution in [2.24, 2.45) is 0 Å². The second-order valence-corrected chi connectivity index (χ2v) is 6.68. The summed E-state index contributed by atoms with van der Waals surface area (Å²) >= 11 is 0. The zero-order chi connectivity index (χ0) is 16.1. The maximum atomic E-state index is 14.4. The minimum atomic E-state index is -0.346. The Balaban J connectivity index is 1.83. The summed E-state index contributed by atoms with van der Waals surface area (Å²) in [6.07, 6.45) is 4.77. The van der Waals surface area contributed by atoms with E-state index in [0.29, 0.717) is 5.56 Å². The Hall–Kier alpha value is -1.04. The molecule has 23 heavy (non-hydrogen) atoms. The van der Waals surface area contributed by atoms with E-state index in [2.05, 4.69) is 15.1 Å². The van der Waals surface area contributed by atoms with E-state index in [4.69, 9.17) is 0 Å². The van der Waals surface area contributed by atoms with Gasteiger partial charge < -0.3 is 5.32 Å². The van der Waals surface area contributed by atoms with Crippen LogP contribution in [0.2, 0.25) is 0 Å². The van der Waals surface area contributed by atoms with Gasteiger partial charge in [0, 0.05) is 38.3 Å². The molecule has 2 aliphatic heterocycles. The van der Waals surface area contributed by atoms with Gasteiger partial charge in [0.25, 0.3) is 0 Å². The highest BCUT2D eigenvalue weighted by Crippen LogP contribution is 2.28. The summed E-state index contributed by atoms with van der Waals surface area (Å²) < 4.78 is 28.1. The minimum Gasteiger partial charge on any atom is -0.314 e. The second-order valence-electron chi connectivity index (χ2n) is 6.68. The Morgan fingerprint density at radius 3 is 2.35 bits per heavy atom. The van der Waals surface area contributed by atoms with Gasteiger partial charge in [0.2, 0.25) is 0 Å². The fourth-order valence-corrected chi connectivity index (χ4v) is 3.73. The summed E-state index contributed by atoms with van der Waals surface area (Å²) in [4.78, 5) is 4.74. The molecule has 2 saturated heterocycles. The highest BCUT2D eigenvalue weighted by atomic mass is 19.1. The molecule has 0 spiro atoms. The Morgan fingerprint density at radius 2 is 1.65 bits per heavy atom. The molecule has 1 aromatic carbocycles. The van der Waals surface area contributed by atoms with E-state index < -0.39 is 0 Å². The number of nitrogens with one attached hydrogen (secondary N) is 1. The maximum absolute atomic E-state index is 14.4. The number of rotatable bonds is 4. The third-order valence-corrected chi connectivity index (χ3v) is 5.04. The number of nitrogens with zero attached hydrogens (tertiary/aromatic N) is 2. The van der Waals surface area contributed by atoms with Crippen molar-refractivity contribution < 1.29 is 8.78 Å². The van der Waals surface area contributed by atoms with Gasteiger partial charge in [-0.15, -0.1) is 0 Å². The van der Waals surface area contributed by atoms with Crippen molar-refractivity contribution in [3.05, 3.63) is 35.4 Å². The molecule has 2 aliphatic rings. The van der Waals surface area contributed by atoms with Crippen LogP contribution in [0, 0.1) is 11.6 Å². The minimum absolute atomic E-state index is 0.0538. The average Bonchev–Trinajstić information content (AvgIpc) is 2.85. The zero-order valence-electron chi connectivity index (χ0n) is 13.7. The van der Waals surface area contributed by atoms with Crippen LogP contribution >= 0.6 is 0 Å². The predicted octanol–water partition coefficient (Wildman–Crippen LogP) is 2.79. The summed E-state index contributed by atoms with van der Waals surface area (Å²) in [5, 5.41) is 3.35. The van der Waals surface area contributed by atoms with Gasteiger partial charge in [-0.3, -0.25) is 9.80 Å². The summed E-state index contributed by atoms with van der Waals surface area (Å²) in [6.45, 7) is 6.63. The van der Waals surface area contributed by atoms with Gasteiger partial charge in [0.05, 0.1) is 6.04 Å². The molecule has 0 aromatic heterocycles. The number of piperazine rings is 1. The summed E-state index contributed by atoms with van der Waals surface area (Å²) in [6, 6.07) is 3.82. The van der Waals surface area contributed by atoms with Crippen molar-refractivity contribution in [1.82, 2.24) is 15.1 Å². The molecule has 0 amide bonds. The molecule has 1 atom stereocenters. The van der Waals surface area contributed by atoms with Gasteiger partial charge in [0.15, 0.2) is 0 Å². The van der Waals surface area contributed by atoms with Gasteiger partial charge in [0.1, 0.15) is 11.6 Å². The Morgan fingerprint density at radius 1 is 0.957 bits per heavy atom. The van der Waals surface area contributed by atoms with Crippen molar-refractivity contribution in [2.75, 3.05) is 45.8 Å². The maximum Gasteiger partial charge on any atom is 0.128 e. The lowest BCUT2D eigenvalue weighted by Crippen LogP contribution is -2.47. The molecule has 0 aliphatic carbocycles. The first-order valence-corrected chi connectivity index (χ1v) is 8.86. The first kappa shape index (κ1) is 16.8. The van der Waals surface area contributed by atoms with Crippen LogP contribution in [-0.2, 0) is 0 Å². The Labute approximate surface area is 137 Å². The fourth-order valence-electron chi connectivity index (χ4n) is 3.73. The number of likely N-dealkylation sites (tertiary alicyclic amines) is 1. The SMILES string of the molecule is Fc1ccc(F)c(C(CN2CCNCC2)N2CCCCCC2)c1. The van der Waals surface area contributed by atoms with Crippen LogP contribution in [0.25, 0.3) is 0 Å². The molecule has 1 aromatic rings. The standard InChI is InChI=1S/C18H27F2N3/c19-15-5-6-17(20)16(13-15)18(14-22-11-7-21-8-12-22)23-9-3-1-2-4-10-23/h5-6,13,18,21H,1-4,7-12,14H2. The fraction of sp³-hybridized carbons (Fsp3) is 0.667. The van der Waals surface area contributed by atoms with E-state index in [0.717, 1.165) is 58.7 Å². The lowest BCUT2D eigenvalue weighted by Gasteiger charge is -2.37. The quantitative estimate of drug-likeness (QED) is 0.919. The van der Waals surface area contributed by atoms with E-state index in [9.17, 15) is 8.78 Å². The second kappa shape index (κ2) is 8.18. The van der Waals surface area contributed by atoms with Crippen molar-refractivity contribution in [1.29, 1.82) is 0 Å². The molecule has 2 fully saturated rings. The van der Waals surface area contributed by atoms with Gasteiger partial charge in [-0.2, -0.15) is 0 Å². The van der Waals surface area contributed by atoms with E-state index >= 15 is 0 Å². The van der Waals surface area contributed by atoms with Crippen molar-refractivity contribution >= 4 is 0 Å². The van der Waals surface area contributed by atoms with Crippen LogP contribution in [0.3, 0.4) is 0 Å². The van der Waals surface area contributed by atoms with Gasteiger partial charge in [-0.05, 0) is 44.1 Å². The lowest BCUT2D eigenvalue weighted by atomic mass is 10.0.